The Hall–Kier alpha value is -0.930. The standard InChI is InChI=1S/C16H22O3/c1-9(2)5-11(17)8-16-12-7-13(16)14(6-10(12)3)19-15(16)18-4/h5-6,12-15H,7-8H2,1-4H3/t12-,13+,14-,15+,16-/m1/s1. The summed E-state index contributed by atoms with van der Waals surface area (Å²) < 4.78 is 11.6. The largest absolute Gasteiger partial charge is 0.355 e. The van der Waals surface area contributed by atoms with Crippen molar-refractivity contribution in [2.24, 2.45) is 17.3 Å². The molecule has 0 unspecified atom stereocenters. The number of carbonyl (C=O) groups excluding carboxylic acids is 1. The van der Waals surface area contributed by atoms with Crippen molar-refractivity contribution in [1.82, 2.24) is 0 Å². The van der Waals surface area contributed by atoms with E-state index in [1.165, 1.54) is 5.57 Å². The Morgan fingerprint density at radius 3 is 2.89 bits per heavy atom. The van der Waals surface area contributed by atoms with Gasteiger partial charge >= 0.3 is 0 Å². The Balaban J connectivity index is 1.91. The van der Waals surface area contributed by atoms with Crippen molar-refractivity contribution in [2.45, 2.75) is 46.0 Å². The third kappa shape index (κ3) is 1.68. The van der Waals surface area contributed by atoms with Gasteiger partial charge in [-0.1, -0.05) is 17.2 Å². The van der Waals surface area contributed by atoms with E-state index in [9.17, 15) is 4.79 Å². The number of rotatable bonds is 4. The second-order valence-corrected chi connectivity index (χ2v) is 6.45. The van der Waals surface area contributed by atoms with Crippen LogP contribution in [0.5, 0.6) is 0 Å². The molecular formula is C16H22O3. The van der Waals surface area contributed by atoms with Crippen molar-refractivity contribution in [3.05, 3.63) is 23.3 Å². The highest BCUT2D eigenvalue weighted by atomic mass is 16.7. The third-order valence-corrected chi connectivity index (χ3v) is 5.07. The fraction of sp³-hybridized carbons (Fsp3) is 0.688. The minimum atomic E-state index is -0.232. The molecule has 0 N–H and O–H groups in total. The van der Waals surface area contributed by atoms with E-state index in [4.69, 9.17) is 9.47 Å². The Morgan fingerprint density at radius 1 is 1.58 bits per heavy atom. The van der Waals surface area contributed by atoms with Crippen LogP contribution in [0.3, 0.4) is 0 Å². The maximum atomic E-state index is 12.2. The van der Waals surface area contributed by atoms with E-state index in [2.05, 4.69) is 13.0 Å². The average molecular weight is 262 g/mol. The molecule has 0 radical (unpaired) electrons. The molecule has 3 aliphatic carbocycles. The van der Waals surface area contributed by atoms with Crippen LogP contribution in [0.25, 0.3) is 0 Å². The van der Waals surface area contributed by atoms with Gasteiger partial charge in [-0.25, -0.2) is 0 Å². The van der Waals surface area contributed by atoms with Gasteiger partial charge in [-0.3, -0.25) is 4.79 Å². The molecule has 1 heterocycles. The smallest absolute Gasteiger partial charge is 0.164 e. The zero-order valence-electron chi connectivity index (χ0n) is 12.1. The molecule has 0 aromatic rings. The quantitative estimate of drug-likeness (QED) is 0.577. The molecule has 0 aromatic carbocycles. The first-order valence-corrected chi connectivity index (χ1v) is 7.03. The monoisotopic (exact) mass is 262 g/mol. The van der Waals surface area contributed by atoms with Crippen molar-refractivity contribution in [3.63, 3.8) is 0 Å². The number of carbonyl (C=O) groups is 1. The molecule has 4 rings (SSSR count). The summed E-state index contributed by atoms with van der Waals surface area (Å²) in [6.07, 6.45) is 5.59. The third-order valence-electron chi connectivity index (χ3n) is 5.07. The van der Waals surface area contributed by atoms with E-state index in [-0.39, 0.29) is 23.6 Å². The topological polar surface area (TPSA) is 35.5 Å². The van der Waals surface area contributed by atoms with E-state index >= 15 is 0 Å². The minimum absolute atomic E-state index is 0.110. The van der Waals surface area contributed by atoms with Crippen LogP contribution in [0, 0.1) is 17.3 Å². The molecule has 4 bridgehead atoms. The van der Waals surface area contributed by atoms with Crippen molar-refractivity contribution in [3.8, 4) is 0 Å². The van der Waals surface area contributed by atoms with Gasteiger partial charge in [-0.2, -0.15) is 0 Å². The predicted molar refractivity (Wildman–Crippen MR) is 72.5 cm³/mol. The number of hydrogen-bond donors (Lipinski definition) is 0. The van der Waals surface area contributed by atoms with Gasteiger partial charge < -0.3 is 9.47 Å². The molecule has 4 aliphatic rings. The van der Waals surface area contributed by atoms with Gasteiger partial charge in [0.05, 0.1) is 6.10 Å². The Kier molecular flexibility index (Phi) is 2.95. The Bertz CT molecular complexity index is 472. The van der Waals surface area contributed by atoms with Crippen molar-refractivity contribution >= 4 is 5.78 Å². The number of ketones is 1. The molecule has 2 fully saturated rings. The van der Waals surface area contributed by atoms with E-state index in [0.29, 0.717) is 18.3 Å². The van der Waals surface area contributed by atoms with Crippen LogP contribution in [0.2, 0.25) is 0 Å². The van der Waals surface area contributed by atoms with Crippen molar-refractivity contribution < 1.29 is 14.3 Å². The van der Waals surface area contributed by atoms with Crippen LogP contribution in [-0.2, 0) is 14.3 Å². The van der Waals surface area contributed by atoms with E-state index in [0.717, 1.165) is 12.0 Å². The Morgan fingerprint density at radius 2 is 2.32 bits per heavy atom. The summed E-state index contributed by atoms with van der Waals surface area (Å²) in [6.45, 7) is 6.09. The molecule has 1 aliphatic heterocycles. The highest BCUT2D eigenvalue weighted by Crippen LogP contribution is 2.68. The molecule has 0 aromatic heterocycles. The van der Waals surface area contributed by atoms with Crippen LogP contribution in [0.4, 0.5) is 0 Å². The van der Waals surface area contributed by atoms with Crippen molar-refractivity contribution in [1.29, 1.82) is 0 Å². The maximum absolute atomic E-state index is 12.2. The zero-order valence-corrected chi connectivity index (χ0v) is 12.1. The Labute approximate surface area is 114 Å². The molecule has 104 valence electrons. The predicted octanol–water partition coefficient (Wildman–Crippen LogP) is 2.87. The molecule has 3 nitrogen and oxygen atoms in total. The van der Waals surface area contributed by atoms with E-state index < -0.39 is 0 Å². The molecule has 0 spiro atoms. The summed E-state index contributed by atoms with van der Waals surface area (Å²) in [4.78, 5) is 12.2. The second kappa shape index (κ2) is 4.29. The van der Waals surface area contributed by atoms with Gasteiger partial charge in [-0.15, -0.1) is 0 Å². The fourth-order valence-electron chi connectivity index (χ4n) is 4.36. The van der Waals surface area contributed by atoms with E-state index in [1.54, 1.807) is 13.2 Å². The van der Waals surface area contributed by atoms with Gasteiger partial charge in [0.15, 0.2) is 12.1 Å². The molecule has 5 atom stereocenters. The van der Waals surface area contributed by atoms with Crippen LogP contribution in [0.15, 0.2) is 23.3 Å². The van der Waals surface area contributed by atoms with Gasteiger partial charge in [0.25, 0.3) is 0 Å². The fourth-order valence-corrected chi connectivity index (χ4v) is 4.36. The van der Waals surface area contributed by atoms with Crippen LogP contribution >= 0.6 is 0 Å². The molecule has 19 heavy (non-hydrogen) atoms. The lowest BCUT2D eigenvalue weighted by atomic mass is 9.46. The van der Waals surface area contributed by atoms with Gasteiger partial charge in [0, 0.05) is 24.9 Å². The zero-order chi connectivity index (χ0) is 13.8. The molecule has 1 saturated heterocycles. The van der Waals surface area contributed by atoms with E-state index in [1.807, 2.05) is 13.8 Å². The summed E-state index contributed by atoms with van der Waals surface area (Å²) in [7, 11) is 1.69. The highest BCUT2D eigenvalue weighted by Gasteiger charge is 2.69. The van der Waals surface area contributed by atoms with Gasteiger partial charge in [-0.05, 0) is 39.2 Å². The number of allylic oxidation sites excluding steroid dienone is 3. The minimum Gasteiger partial charge on any atom is -0.355 e. The first-order chi connectivity index (χ1) is 8.99. The summed E-state index contributed by atoms with van der Waals surface area (Å²) in [6, 6.07) is 0. The molecular weight excluding hydrogens is 240 g/mol. The van der Waals surface area contributed by atoms with Crippen LogP contribution < -0.4 is 0 Å². The number of ether oxygens (including phenoxy) is 2. The molecule has 0 amide bonds. The lowest BCUT2D eigenvalue weighted by molar-refractivity contribution is -0.182. The summed E-state index contributed by atoms with van der Waals surface area (Å²) in [5.41, 5.74) is 2.32. The second-order valence-electron chi connectivity index (χ2n) is 6.45. The molecule has 3 heteroatoms. The maximum Gasteiger partial charge on any atom is 0.164 e. The molecule has 1 saturated carbocycles. The lowest BCUT2D eigenvalue weighted by Gasteiger charge is -2.56. The summed E-state index contributed by atoms with van der Waals surface area (Å²) in [5.74, 6) is 1.12. The number of methoxy groups -OCH3 is 1. The summed E-state index contributed by atoms with van der Waals surface area (Å²) >= 11 is 0. The van der Waals surface area contributed by atoms with Gasteiger partial charge in [0.2, 0.25) is 0 Å². The van der Waals surface area contributed by atoms with Crippen LogP contribution in [0.1, 0.15) is 33.6 Å². The van der Waals surface area contributed by atoms with Gasteiger partial charge in [0.1, 0.15) is 0 Å². The first kappa shape index (κ1) is 13.1. The summed E-state index contributed by atoms with van der Waals surface area (Å²) in [5, 5.41) is 0. The normalized spacial score (nSPS) is 42.4. The van der Waals surface area contributed by atoms with Crippen molar-refractivity contribution in [2.75, 3.05) is 7.11 Å². The first-order valence-electron chi connectivity index (χ1n) is 7.03. The number of hydrogen-bond acceptors (Lipinski definition) is 3. The SMILES string of the molecule is CO[C@H]1O[C@@H]2C=C(C)[C@H]3C[C@@H]2[C@]13CC(=O)C=C(C)C. The average Bonchev–Trinajstić information content (AvgIpc) is 2.45. The highest BCUT2D eigenvalue weighted by molar-refractivity contribution is 5.91. The lowest BCUT2D eigenvalue weighted by Crippen LogP contribution is -2.57. The van der Waals surface area contributed by atoms with Crippen LogP contribution in [-0.4, -0.2) is 25.3 Å².